The number of pyridine rings is 1. The van der Waals surface area contributed by atoms with Gasteiger partial charge in [0.1, 0.15) is 22.7 Å². The van der Waals surface area contributed by atoms with Gasteiger partial charge in [0.25, 0.3) is 0 Å². The molecule has 0 N–H and O–H groups in total. The lowest BCUT2D eigenvalue weighted by atomic mass is 10.3. The summed E-state index contributed by atoms with van der Waals surface area (Å²) in [6.07, 6.45) is 1.79. The molecule has 88 valence electrons. The lowest BCUT2D eigenvalue weighted by Gasteiger charge is -2.06. The second kappa shape index (κ2) is 5.68. The molecule has 0 aliphatic carbocycles. The van der Waals surface area contributed by atoms with E-state index in [-0.39, 0.29) is 0 Å². The van der Waals surface area contributed by atoms with Gasteiger partial charge in [-0.15, -0.1) is 0 Å². The third-order valence-electron chi connectivity index (χ3n) is 2.25. The zero-order chi connectivity index (χ0) is 12.1. The van der Waals surface area contributed by atoms with E-state index in [1.807, 2.05) is 36.4 Å². The van der Waals surface area contributed by atoms with Gasteiger partial charge in [0.15, 0.2) is 0 Å². The van der Waals surface area contributed by atoms with E-state index in [0.29, 0.717) is 6.61 Å². The van der Waals surface area contributed by atoms with Gasteiger partial charge in [-0.1, -0.05) is 6.07 Å². The van der Waals surface area contributed by atoms with Crippen LogP contribution in [0.25, 0.3) is 0 Å². The normalized spacial score (nSPS) is 10.0. The first kappa shape index (κ1) is 11.9. The number of aromatic nitrogens is 1. The van der Waals surface area contributed by atoms with Crippen molar-refractivity contribution in [2.45, 2.75) is 6.61 Å². The molecule has 4 heteroatoms. The summed E-state index contributed by atoms with van der Waals surface area (Å²) in [6.45, 7) is 0.507. The predicted molar refractivity (Wildman–Crippen MR) is 69.3 cm³/mol. The van der Waals surface area contributed by atoms with Crippen molar-refractivity contribution in [1.29, 1.82) is 0 Å². The van der Waals surface area contributed by atoms with Crippen LogP contribution in [0.5, 0.6) is 11.5 Å². The Morgan fingerprint density at radius 1 is 1.06 bits per heavy atom. The van der Waals surface area contributed by atoms with Crippen molar-refractivity contribution in [2.75, 3.05) is 7.11 Å². The van der Waals surface area contributed by atoms with Gasteiger partial charge in [0, 0.05) is 11.8 Å². The summed E-state index contributed by atoms with van der Waals surface area (Å²) in [5, 5.41) is 0. The molecule has 2 rings (SSSR count). The largest absolute Gasteiger partial charge is 0.497 e. The maximum Gasteiger partial charge on any atom is 0.120 e. The van der Waals surface area contributed by atoms with E-state index < -0.39 is 0 Å². The van der Waals surface area contributed by atoms with Crippen LogP contribution >= 0.6 is 15.9 Å². The second-order valence-electron chi connectivity index (χ2n) is 3.45. The van der Waals surface area contributed by atoms with Crippen LogP contribution in [0.3, 0.4) is 0 Å². The molecule has 0 atom stereocenters. The van der Waals surface area contributed by atoms with E-state index in [4.69, 9.17) is 9.47 Å². The number of hydrogen-bond acceptors (Lipinski definition) is 3. The molecule has 1 aromatic heterocycles. The van der Waals surface area contributed by atoms with Gasteiger partial charge in [-0.25, -0.2) is 4.98 Å². The van der Waals surface area contributed by atoms with Gasteiger partial charge in [0.05, 0.1) is 7.11 Å². The number of rotatable bonds is 4. The van der Waals surface area contributed by atoms with Crippen LogP contribution < -0.4 is 9.47 Å². The van der Waals surface area contributed by atoms with Gasteiger partial charge in [-0.3, -0.25) is 0 Å². The molecule has 0 spiro atoms. The first-order valence-corrected chi connectivity index (χ1v) is 5.94. The van der Waals surface area contributed by atoms with Crippen LogP contribution in [0, 0.1) is 0 Å². The Labute approximate surface area is 109 Å². The van der Waals surface area contributed by atoms with Crippen molar-refractivity contribution in [2.24, 2.45) is 0 Å². The summed E-state index contributed by atoms with van der Waals surface area (Å²) in [7, 11) is 1.64. The monoisotopic (exact) mass is 293 g/mol. The zero-order valence-corrected chi connectivity index (χ0v) is 11.0. The van der Waals surface area contributed by atoms with E-state index in [2.05, 4.69) is 20.9 Å². The van der Waals surface area contributed by atoms with Crippen LogP contribution in [0.4, 0.5) is 0 Å². The minimum atomic E-state index is 0.507. The average Bonchev–Trinajstić information content (AvgIpc) is 2.39. The number of ether oxygens (including phenoxy) is 2. The first-order valence-electron chi connectivity index (χ1n) is 5.15. The minimum absolute atomic E-state index is 0.507. The molecular weight excluding hydrogens is 282 g/mol. The van der Waals surface area contributed by atoms with Crippen LogP contribution in [0.1, 0.15) is 5.56 Å². The summed E-state index contributed by atoms with van der Waals surface area (Å²) in [6, 6.07) is 11.4. The van der Waals surface area contributed by atoms with Gasteiger partial charge in [0.2, 0.25) is 0 Å². The molecule has 0 amide bonds. The van der Waals surface area contributed by atoms with Crippen molar-refractivity contribution in [1.82, 2.24) is 4.98 Å². The molecule has 2 aromatic rings. The molecule has 3 nitrogen and oxygen atoms in total. The Kier molecular flexibility index (Phi) is 3.98. The summed E-state index contributed by atoms with van der Waals surface area (Å²) in [5.41, 5.74) is 1.03. The lowest BCUT2D eigenvalue weighted by molar-refractivity contribution is 0.305. The molecule has 0 aliphatic rings. The second-order valence-corrected chi connectivity index (χ2v) is 4.27. The van der Waals surface area contributed by atoms with Crippen LogP contribution in [-0.2, 0) is 6.61 Å². The Morgan fingerprint density at radius 2 is 1.76 bits per heavy atom. The highest BCUT2D eigenvalue weighted by atomic mass is 79.9. The summed E-state index contributed by atoms with van der Waals surface area (Å²) in [5.74, 6) is 1.64. The number of methoxy groups -OCH3 is 1. The smallest absolute Gasteiger partial charge is 0.120 e. The quantitative estimate of drug-likeness (QED) is 0.810. The third kappa shape index (κ3) is 3.46. The molecular formula is C13H12BrNO2. The minimum Gasteiger partial charge on any atom is -0.497 e. The van der Waals surface area contributed by atoms with Crippen molar-refractivity contribution in [3.05, 3.63) is 52.8 Å². The van der Waals surface area contributed by atoms with Gasteiger partial charge in [-0.05, 0) is 46.3 Å². The highest BCUT2D eigenvalue weighted by molar-refractivity contribution is 9.10. The number of hydrogen-bond donors (Lipinski definition) is 0. The summed E-state index contributed by atoms with van der Waals surface area (Å²) >= 11 is 3.29. The maximum atomic E-state index is 5.62. The molecule has 0 fully saturated rings. The number of benzene rings is 1. The Hall–Kier alpha value is -1.55. The fourth-order valence-electron chi connectivity index (χ4n) is 1.33. The van der Waals surface area contributed by atoms with Gasteiger partial charge in [-0.2, -0.15) is 0 Å². The van der Waals surface area contributed by atoms with E-state index in [1.54, 1.807) is 13.3 Å². The average molecular weight is 294 g/mol. The highest BCUT2D eigenvalue weighted by Crippen LogP contribution is 2.18. The molecule has 1 aromatic carbocycles. The van der Waals surface area contributed by atoms with Crippen molar-refractivity contribution >= 4 is 15.9 Å². The molecule has 1 heterocycles. The van der Waals surface area contributed by atoms with Gasteiger partial charge < -0.3 is 9.47 Å². The number of nitrogens with zero attached hydrogens (tertiary/aromatic N) is 1. The van der Waals surface area contributed by atoms with Gasteiger partial charge >= 0.3 is 0 Å². The fourth-order valence-corrected chi connectivity index (χ4v) is 1.56. The molecule has 0 bridgehead atoms. The van der Waals surface area contributed by atoms with Crippen molar-refractivity contribution in [3.8, 4) is 11.5 Å². The van der Waals surface area contributed by atoms with E-state index in [1.165, 1.54) is 0 Å². The SMILES string of the molecule is COc1ccc(OCc2ccc(Br)nc2)cc1. The number of halogens is 1. The Morgan fingerprint density at radius 3 is 2.35 bits per heavy atom. The molecule has 0 saturated carbocycles. The summed E-state index contributed by atoms with van der Waals surface area (Å²) < 4.78 is 11.5. The third-order valence-corrected chi connectivity index (χ3v) is 2.72. The van der Waals surface area contributed by atoms with Crippen LogP contribution in [0.2, 0.25) is 0 Å². The summed E-state index contributed by atoms with van der Waals surface area (Å²) in [4.78, 5) is 4.14. The van der Waals surface area contributed by atoms with E-state index in [0.717, 1.165) is 21.7 Å². The van der Waals surface area contributed by atoms with Crippen LogP contribution in [0.15, 0.2) is 47.2 Å². The molecule has 0 radical (unpaired) electrons. The van der Waals surface area contributed by atoms with Crippen molar-refractivity contribution in [3.63, 3.8) is 0 Å². The Balaban J connectivity index is 1.95. The predicted octanol–water partition coefficient (Wildman–Crippen LogP) is 3.43. The molecule has 0 aliphatic heterocycles. The first-order chi connectivity index (χ1) is 8.28. The molecule has 0 unspecified atom stereocenters. The van der Waals surface area contributed by atoms with Crippen LogP contribution in [-0.4, -0.2) is 12.1 Å². The molecule has 0 saturated heterocycles. The zero-order valence-electron chi connectivity index (χ0n) is 9.39. The van der Waals surface area contributed by atoms with E-state index >= 15 is 0 Å². The van der Waals surface area contributed by atoms with E-state index in [9.17, 15) is 0 Å². The molecule has 17 heavy (non-hydrogen) atoms. The topological polar surface area (TPSA) is 31.4 Å². The lowest BCUT2D eigenvalue weighted by Crippen LogP contribution is -1.96. The highest BCUT2D eigenvalue weighted by Gasteiger charge is 1.97. The Bertz CT molecular complexity index is 468. The van der Waals surface area contributed by atoms with Crippen molar-refractivity contribution < 1.29 is 9.47 Å². The maximum absolute atomic E-state index is 5.62. The standard InChI is InChI=1S/C13H12BrNO2/c1-16-11-3-5-12(6-4-11)17-9-10-2-7-13(14)15-8-10/h2-8H,9H2,1H3. The fraction of sp³-hybridized carbons (Fsp3) is 0.154.